The average Bonchev–Trinajstić information content (AvgIpc) is 3.03. The number of aryl methyl sites for hydroxylation is 1. The summed E-state index contributed by atoms with van der Waals surface area (Å²) in [7, 11) is 0. The topological polar surface area (TPSA) is 90.3 Å². The van der Waals surface area contributed by atoms with Gasteiger partial charge in [0.25, 0.3) is 0 Å². The summed E-state index contributed by atoms with van der Waals surface area (Å²) in [5.41, 5.74) is 9.08. The monoisotopic (exact) mass is 367 g/mol. The third kappa shape index (κ3) is 2.51. The lowest BCUT2D eigenvalue weighted by molar-refractivity contribution is -0.696. The number of carboxylic acid groups (broad SMARTS) is 1. The fraction of sp³-hybridized carbons (Fsp3) is 0.438. The van der Waals surface area contributed by atoms with Gasteiger partial charge in [-0.15, -0.1) is 24.2 Å². The Bertz CT molecular complexity index is 752. The van der Waals surface area contributed by atoms with Crippen molar-refractivity contribution < 1.29 is 19.3 Å². The van der Waals surface area contributed by atoms with Crippen LogP contribution >= 0.6 is 24.2 Å². The number of pyridine rings is 1. The number of carbonyl (C=O) groups excluding carboxylic acids is 2. The maximum Gasteiger partial charge on any atom is 0.248 e. The molecule has 3 heterocycles. The zero-order chi connectivity index (χ0) is 16.1. The van der Waals surface area contributed by atoms with Crippen LogP contribution in [0.1, 0.15) is 17.7 Å². The van der Waals surface area contributed by atoms with E-state index in [1.165, 1.54) is 27.9 Å². The Morgan fingerprint density at radius 1 is 1.46 bits per heavy atom. The van der Waals surface area contributed by atoms with Crippen molar-refractivity contribution in [3.8, 4) is 0 Å². The minimum absolute atomic E-state index is 0. The molecular formula is C16H18ClN3O3S. The summed E-state index contributed by atoms with van der Waals surface area (Å²) >= 11 is 1.52. The number of thioether (sulfide) groups is 1. The summed E-state index contributed by atoms with van der Waals surface area (Å²) in [6.45, 7) is 0.477. The molecule has 1 fully saturated rings. The molecule has 3 aliphatic rings. The van der Waals surface area contributed by atoms with Gasteiger partial charge in [0.15, 0.2) is 18.4 Å². The van der Waals surface area contributed by atoms with Crippen LogP contribution in [0, 0.1) is 0 Å². The van der Waals surface area contributed by atoms with E-state index in [-0.39, 0.29) is 29.4 Å². The largest absolute Gasteiger partial charge is 0.543 e. The first kappa shape index (κ1) is 17.3. The molecule has 2 N–H and O–H groups in total. The Morgan fingerprint density at radius 2 is 2.25 bits per heavy atom. The molecule has 0 saturated carbocycles. The van der Waals surface area contributed by atoms with E-state index in [9.17, 15) is 14.7 Å². The van der Waals surface area contributed by atoms with E-state index in [1.807, 2.05) is 12.3 Å². The molecule has 1 saturated heterocycles. The predicted molar refractivity (Wildman–Crippen MR) is 89.0 cm³/mol. The lowest BCUT2D eigenvalue weighted by Crippen LogP contribution is -2.69. The Morgan fingerprint density at radius 3 is 3.00 bits per heavy atom. The number of fused-ring (bicyclic) bond motifs is 2. The molecule has 1 aliphatic carbocycles. The highest BCUT2D eigenvalue weighted by molar-refractivity contribution is 8.00. The number of carbonyl (C=O) groups is 2. The molecule has 8 heteroatoms. The number of β-lactam (4-membered cyclic amide) rings is 1. The molecule has 0 aromatic carbocycles. The normalized spacial score (nSPS) is 24.9. The van der Waals surface area contributed by atoms with Crippen LogP contribution in [-0.4, -0.2) is 33.9 Å². The second-order valence-electron chi connectivity index (χ2n) is 6.14. The minimum atomic E-state index is -1.29. The third-order valence-electron chi connectivity index (χ3n) is 4.78. The van der Waals surface area contributed by atoms with Crippen molar-refractivity contribution in [3.63, 3.8) is 0 Å². The van der Waals surface area contributed by atoms with Crippen molar-refractivity contribution in [3.05, 3.63) is 40.9 Å². The van der Waals surface area contributed by atoms with Crippen LogP contribution in [0.4, 0.5) is 0 Å². The Balaban J connectivity index is 0.00000169. The van der Waals surface area contributed by atoms with Gasteiger partial charge in [0.1, 0.15) is 11.4 Å². The van der Waals surface area contributed by atoms with E-state index in [2.05, 4.69) is 10.6 Å². The molecule has 128 valence electrons. The number of aromatic nitrogens is 1. The van der Waals surface area contributed by atoms with Crippen LogP contribution in [0.15, 0.2) is 29.6 Å². The SMILES string of the molecule is Cl.NC1C(=O)N2C(C(=O)[O-])=C(C[n+]3cccc4c3CCC4)CSC12. The molecule has 0 radical (unpaired) electrons. The quantitative estimate of drug-likeness (QED) is 0.554. The molecule has 0 bridgehead atoms. The molecule has 1 aromatic rings. The van der Waals surface area contributed by atoms with Gasteiger partial charge in [0, 0.05) is 29.4 Å². The van der Waals surface area contributed by atoms with Gasteiger partial charge in [-0.25, -0.2) is 0 Å². The highest BCUT2D eigenvalue weighted by Crippen LogP contribution is 2.39. The second-order valence-corrected chi connectivity index (χ2v) is 7.24. The van der Waals surface area contributed by atoms with Gasteiger partial charge < -0.3 is 15.6 Å². The van der Waals surface area contributed by atoms with E-state index >= 15 is 0 Å². The van der Waals surface area contributed by atoms with Gasteiger partial charge in [-0.1, -0.05) is 0 Å². The van der Waals surface area contributed by atoms with Crippen molar-refractivity contribution in [1.29, 1.82) is 0 Å². The predicted octanol–water partition coefficient (Wildman–Crippen LogP) is -0.869. The molecule has 4 rings (SSSR count). The van der Waals surface area contributed by atoms with Crippen LogP contribution in [0.5, 0.6) is 0 Å². The van der Waals surface area contributed by atoms with Gasteiger partial charge in [-0.2, -0.15) is 4.57 Å². The van der Waals surface area contributed by atoms with E-state index in [0.717, 1.165) is 24.8 Å². The zero-order valence-corrected chi connectivity index (χ0v) is 14.6. The van der Waals surface area contributed by atoms with Gasteiger partial charge in [0.05, 0.1) is 11.7 Å². The van der Waals surface area contributed by atoms with Gasteiger partial charge in [0.2, 0.25) is 5.91 Å². The van der Waals surface area contributed by atoms with Crippen molar-refractivity contribution in [2.24, 2.45) is 5.73 Å². The number of aliphatic carboxylic acids is 1. The molecule has 2 atom stereocenters. The summed E-state index contributed by atoms with van der Waals surface area (Å²) in [4.78, 5) is 24.9. The molecule has 2 unspecified atom stereocenters. The van der Waals surface area contributed by atoms with E-state index < -0.39 is 12.0 Å². The number of nitrogens with two attached hydrogens (primary N) is 1. The van der Waals surface area contributed by atoms with Crippen LogP contribution in [0.2, 0.25) is 0 Å². The molecule has 2 aliphatic heterocycles. The minimum Gasteiger partial charge on any atom is -0.543 e. The van der Waals surface area contributed by atoms with Crippen molar-refractivity contribution in [2.45, 2.75) is 37.2 Å². The second kappa shape index (κ2) is 6.38. The summed E-state index contributed by atoms with van der Waals surface area (Å²) in [5.74, 6) is -1.07. The number of amides is 1. The van der Waals surface area contributed by atoms with E-state index in [4.69, 9.17) is 5.73 Å². The van der Waals surface area contributed by atoms with Gasteiger partial charge in [-0.3, -0.25) is 9.69 Å². The van der Waals surface area contributed by atoms with Crippen LogP contribution < -0.4 is 15.4 Å². The molecule has 6 nitrogen and oxygen atoms in total. The summed E-state index contributed by atoms with van der Waals surface area (Å²) in [6, 6.07) is 3.51. The highest BCUT2D eigenvalue weighted by Gasteiger charge is 2.50. The summed E-state index contributed by atoms with van der Waals surface area (Å²) in [6.07, 6.45) is 5.18. The number of halogens is 1. The zero-order valence-electron chi connectivity index (χ0n) is 12.9. The number of hydrogen-bond donors (Lipinski definition) is 1. The van der Waals surface area contributed by atoms with Crippen LogP contribution in [0.3, 0.4) is 0 Å². The fourth-order valence-corrected chi connectivity index (χ4v) is 4.94. The Labute approximate surface area is 150 Å². The first-order valence-electron chi connectivity index (χ1n) is 7.72. The van der Waals surface area contributed by atoms with Crippen molar-refractivity contribution in [1.82, 2.24) is 4.90 Å². The third-order valence-corrected chi connectivity index (χ3v) is 6.14. The maximum atomic E-state index is 12.0. The first-order chi connectivity index (χ1) is 11.1. The number of rotatable bonds is 3. The Kier molecular flexibility index (Phi) is 4.59. The van der Waals surface area contributed by atoms with Crippen molar-refractivity contribution in [2.75, 3.05) is 5.75 Å². The van der Waals surface area contributed by atoms with Gasteiger partial charge >= 0.3 is 0 Å². The maximum absolute atomic E-state index is 12.0. The lowest BCUT2D eigenvalue weighted by atomic mass is 10.0. The molecular weight excluding hydrogens is 350 g/mol. The van der Waals surface area contributed by atoms with Crippen LogP contribution in [0.25, 0.3) is 0 Å². The number of carboxylic acids is 1. The summed E-state index contributed by atoms with van der Waals surface area (Å²) in [5, 5.41) is 11.3. The molecule has 0 spiro atoms. The highest BCUT2D eigenvalue weighted by atomic mass is 35.5. The summed E-state index contributed by atoms with van der Waals surface area (Å²) < 4.78 is 2.10. The lowest BCUT2D eigenvalue weighted by Gasteiger charge is -2.49. The molecule has 1 amide bonds. The smallest absolute Gasteiger partial charge is 0.248 e. The van der Waals surface area contributed by atoms with Gasteiger partial charge in [-0.05, 0) is 18.9 Å². The Hall–Kier alpha value is -1.57. The van der Waals surface area contributed by atoms with E-state index in [1.54, 1.807) is 0 Å². The number of nitrogens with zero attached hydrogens (tertiary/aromatic N) is 2. The number of hydrogen-bond acceptors (Lipinski definition) is 5. The van der Waals surface area contributed by atoms with Crippen molar-refractivity contribution >= 4 is 36.0 Å². The molecule has 1 aromatic heterocycles. The standard InChI is InChI=1S/C16H17N3O3S.ClH/c17-12-14(20)19-13(16(21)22)10(8-23-15(12)19)7-18-6-2-4-9-3-1-5-11(9)18;/h2,4,6,12,15H,1,3,5,7-8,17H2;1H. The first-order valence-corrected chi connectivity index (χ1v) is 8.76. The van der Waals surface area contributed by atoms with Crippen LogP contribution in [-0.2, 0) is 29.0 Å². The van der Waals surface area contributed by atoms with E-state index in [0.29, 0.717) is 12.3 Å². The fourth-order valence-electron chi connectivity index (χ4n) is 3.66. The average molecular weight is 368 g/mol. The molecule has 24 heavy (non-hydrogen) atoms.